The molecule has 7 heteroatoms. The minimum atomic E-state index is -0.962. The molecule has 1 amide bonds. The molecule has 0 saturated carbocycles. The molecule has 1 aromatic carbocycles. The number of aromatic nitrogens is 2. The van der Waals surface area contributed by atoms with Gasteiger partial charge in [0.25, 0.3) is 5.91 Å². The highest BCUT2D eigenvalue weighted by atomic mass is 16.6. The lowest BCUT2D eigenvalue weighted by Gasteiger charge is -2.20. The summed E-state index contributed by atoms with van der Waals surface area (Å²) in [5, 5.41) is 7.03. The summed E-state index contributed by atoms with van der Waals surface area (Å²) in [7, 11) is 1.80. The van der Waals surface area contributed by atoms with E-state index in [1.165, 1.54) is 12.5 Å². The Balaban J connectivity index is 1.93. The normalized spacial score (nSPS) is 13.5. The molecule has 29 heavy (non-hydrogen) atoms. The Kier molecular flexibility index (Phi) is 6.72. The maximum atomic E-state index is 12.4. The second-order valence-corrected chi connectivity index (χ2v) is 8.27. The van der Waals surface area contributed by atoms with Crippen LogP contribution in [0.3, 0.4) is 0 Å². The summed E-state index contributed by atoms with van der Waals surface area (Å²) in [4.78, 5) is 24.7. The van der Waals surface area contributed by atoms with Crippen molar-refractivity contribution in [1.82, 2.24) is 9.78 Å². The predicted octanol–water partition coefficient (Wildman–Crippen LogP) is 3.67. The molecule has 0 aliphatic carbocycles. The van der Waals surface area contributed by atoms with Crippen molar-refractivity contribution < 1.29 is 19.1 Å². The van der Waals surface area contributed by atoms with E-state index in [9.17, 15) is 9.59 Å². The van der Waals surface area contributed by atoms with Gasteiger partial charge in [-0.1, -0.05) is 32.9 Å². The summed E-state index contributed by atoms with van der Waals surface area (Å²) in [5.74, 6) is -0.451. The monoisotopic (exact) mass is 401 g/mol. The van der Waals surface area contributed by atoms with Gasteiger partial charge in [-0.05, 0) is 50.8 Å². The second-order valence-electron chi connectivity index (χ2n) is 8.27. The van der Waals surface area contributed by atoms with Gasteiger partial charge < -0.3 is 14.8 Å². The molecule has 0 bridgehead atoms. The fourth-order valence-corrected chi connectivity index (χ4v) is 2.79. The van der Waals surface area contributed by atoms with E-state index >= 15 is 0 Å². The second kappa shape index (κ2) is 8.68. The first-order valence-corrected chi connectivity index (χ1v) is 9.69. The molecule has 0 fully saturated rings. The summed E-state index contributed by atoms with van der Waals surface area (Å²) >= 11 is 0. The standard InChI is InChI=1S/C22H31N3O4/c1-13-19(14(2)25(8)24-13)23-20(26)15(3)29-21(27)16(4)28-18-11-9-17(10-12-18)22(5,6)7/h9-12,15-16H,1-8H3,(H,23,26)/t15-,16-/m1/s1. The number of nitrogens with one attached hydrogen (secondary N) is 1. The van der Waals surface area contributed by atoms with Crippen molar-refractivity contribution in [2.24, 2.45) is 7.05 Å². The number of rotatable bonds is 6. The van der Waals surface area contributed by atoms with Gasteiger partial charge in [0.05, 0.1) is 17.1 Å². The van der Waals surface area contributed by atoms with Crippen molar-refractivity contribution >= 4 is 17.6 Å². The van der Waals surface area contributed by atoms with Crippen LogP contribution >= 0.6 is 0 Å². The van der Waals surface area contributed by atoms with Gasteiger partial charge in [0, 0.05) is 7.05 Å². The minimum Gasteiger partial charge on any atom is -0.479 e. The third kappa shape index (κ3) is 5.59. The maximum Gasteiger partial charge on any atom is 0.347 e. The lowest BCUT2D eigenvalue weighted by Crippen LogP contribution is -2.35. The number of hydrogen-bond acceptors (Lipinski definition) is 5. The first kappa shape index (κ1) is 22.5. The van der Waals surface area contributed by atoms with Gasteiger partial charge in [0.1, 0.15) is 5.75 Å². The van der Waals surface area contributed by atoms with E-state index in [4.69, 9.17) is 9.47 Å². The topological polar surface area (TPSA) is 82.5 Å². The zero-order valence-electron chi connectivity index (χ0n) is 18.5. The van der Waals surface area contributed by atoms with Crippen LogP contribution in [0.25, 0.3) is 0 Å². The first-order valence-electron chi connectivity index (χ1n) is 9.69. The van der Waals surface area contributed by atoms with E-state index in [1.54, 1.807) is 25.6 Å². The third-order valence-electron chi connectivity index (χ3n) is 4.78. The van der Waals surface area contributed by atoms with Gasteiger partial charge in [0.15, 0.2) is 12.2 Å². The van der Waals surface area contributed by atoms with Gasteiger partial charge in [-0.2, -0.15) is 5.10 Å². The van der Waals surface area contributed by atoms with Crippen molar-refractivity contribution in [3.05, 3.63) is 41.2 Å². The Labute approximate surface area is 172 Å². The lowest BCUT2D eigenvalue weighted by molar-refractivity contribution is -0.159. The van der Waals surface area contributed by atoms with E-state index in [0.29, 0.717) is 17.1 Å². The Hall–Kier alpha value is -2.83. The molecular weight excluding hydrogens is 370 g/mol. The summed E-state index contributed by atoms with van der Waals surface area (Å²) in [6.45, 7) is 13.2. The third-order valence-corrected chi connectivity index (χ3v) is 4.78. The van der Waals surface area contributed by atoms with E-state index < -0.39 is 24.1 Å². The maximum absolute atomic E-state index is 12.4. The van der Waals surface area contributed by atoms with E-state index in [2.05, 4.69) is 31.2 Å². The van der Waals surface area contributed by atoms with Gasteiger partial charge >= 0.3 is 5.97 Å². The number of nitrogens with zero attached hydrogens (tertiary/aromatic N) is 2. The van der Waals surface area contributed by atoms with E-state index in [-0.39, 0.29) is 5.41 Å². The zero-order valence-corrected chi connectivity index (χ0v) is 18.5. The quantitative estimate of drug-likeness (QED) is 0.747. The van der Waals surface area contributed by atoms with Gasteiger partial charge in [-0.15, -0.1) is 0 Å². The summed E-state index contributed by atoms with van der Waals surface area (Å²) in [6, 6.07) is 7.60. The van der Waals surface area contributed by atoms with Crippen LogP contribution in [0.15, 0.2) is 24.3 Å². The summed E-state index contributed by atoms with van der Waals surface area (Å²) in [6.07, 6.45) is -1.80. The van der Waals surface area contributed by atoms with Crippen LogP contribution in [0.5, 0.6) is 5.75 Å². The van der Waals surface area contributed by atoms with Crippen LogP contribution in [0.1, 0.15) is 51.6 Å². The molecule has 0 aliphatic rings. The number of anilines is 1. The number of ether oxygens (including phenoxy) is 2. The molecule has 1 aromatic heterocycles. The molecule has 0 unspecified atom stereocenters. The fourth-order valence-electron chi connectivity index (χ4n) is 2.79. The molecule has 0 radical (unpaired) electrons. The molecule has 0 spiro atoms. The van der Waals surface area contributed by atoms with Crippen molar-refractivity contribution in [1.29, 1.82) is 0 Å². The number of amides is 1. The summed E-state index contributed by atoms with van der Waals surface area (Å²) in [5.41, 5.74) is 3.36. The number of esters is 1. The van der Waals surface area contributed by atoms with Crippen LogP contribution in [0, 0.1) is 13.8 Å². The highest BCUT2D eigenvalue weighted by Crippen LogP contribution is 2.25. The number of carbonyl (C=O) groups excluding carboxylic acids is 2. The van der Waals surface area contributed by atoms with Crippen LogP contribution in [0.2, 0.25) is 0 Å². The molecule has 1 heterocycles. The van der Waals surface area contributed by atoms with Gasteiger partial charge in [-0.3, -0.25) is 9.48 Å². The van der Waals surface area contributed by atoms with Gasteiger partial charge in [0.2, 0.25) is 0 Å². The number of hydrogen-bond donors (Lipinski definition) is 1. The molecule has 0 saturated heterocycles. The Bertz CT molecular complexity index is 879. The number of carbonyl (C=O) groups is 2. The highest BCUT2D eigenvalue weighted by Gasteiger charge is 2.25. The minimum absolute atomic E-state index is 0.0385. The van der Waals surface area contributed by atoms with Crippen molar-refractivity contribution in [2.45, 2.75) is 66.1 Å². The van der Waals surface area contributed by atoms with Crippen molar-refractivity contribution in [3.63, 3.8) is 0 Å². The fraction of sp³-hybridized carbons (Fsp3) is 0.500. The smallest absolute Gasteiger partial charge is 0.347 e. The molecule has 2 rings (SSSR count). The molecule has 0 aliphatic heterocycles. The average molecular weight is 402 g/mol. The zero-order chi connectivity index (χ0) is 21.9. The Morgan fingerprint density at radius 1 is 1.07 bits per heavy atom. The first-order chi connectivity index (χ1) is 13.4. The Morgan fingerprint density at radius 2 is 1.66 bits per heavy atom. The highest BCUT2D eigenvalue weighted by molar-refractivity contribution is 5.96. The van der Waals surface area contributed by atoms with Crippen molar-refractivity contribution in [3.8, 4) is 5.75 Å². The number of benzene rings is 1. The molecule has 2 atom stereocenters. The van der Waals surface area contributed by atoms with Gasteiger partial charge in [-0.25, -0.2) is 4.79 Å². The van der Waals surface area contributed by atoms with Crippen LogP contribution in [-0.2, 0) is 26.8 Å². The SMILES string of the molecule is Cc1nn(C)c(C)c1NC(=O)[C@@H](C)OC(=O)[C@@H](C)Oc1ccc(C(C)(C)C)cc1. The molecule has 1 N–H and O–H groups in total. The molecule has 7 nitrogen and oxygen atoms in total. The Morgan fingerprint density at radius 3 is 2.14 bits per heavy atom. The van der Waals surface area contributed by atoms with Crippen LogP contribution in [0.4, 0.5) is 5.69 Å². The predicted molar refractivity (Wildman–Crippen MR) is 112 cm³/mol. The molecule has 2 aromatic rings. The van der Waals surface area contributed by atoms with E-state index in [1.807, 2.05) is 31.2 Å². The average Bonchev–Trinajstić information content (AvgIpc) is 2.87. The van der Waals surface area contributed by atoms with Crippen LogP contribution < -0.4 is 10.1 Å². The molecule has 158 valence electrons. The lowest BCUT2D eigenvalue weighted by atomic mass is 9.87. The van der Waals surface area contributed by atoms with Crippen molar-refractivity contribution in [2.75, 3.05) is 5.32 Å². The van der Waals surface area contributed by atoms with Crippen LogP contribution in [-0.4, -0.2) is 33.9 Å². The largest absolute Gasteiger partial charge is 0.479 e. The summed E-state index contributed by atoms with van der Waals surface area (Å²) < 4.78 is 12.6. The number of aryl methyl sites for hydroxylation is 2. The van der Waals surface area contributed by atoms with E-state index in [0.717, 1.165) is 5.69 Å². The molecular formula is C22H31N3O4.